The van der Waals surface area contributed by atoms with Crippen molar-refractivity contribution in [2.45, 2.75) is 44.5 Å². The molecule has 0 aliphatic rings. The van der Waals surface area contributed by atoms with Gasteiger partial charge in [-0.15, -0.1) is 0 Å². The Hall–Kier alpha value is -0.800. The minimum atomic E-state index is -0.862. The second-order valence-corrected chi connectivity index (χ2v) is 6.90. The fraction of sp³-hybridized carbons (Fsp3) is 0.500. The maximum Gasteiger partial charge on any atom is 0.217 e. The van der Waals surface area contributed by atoms with Gasteiger partial charge in [0.2, 0.25) is 5.12 Å². The lowest BCUT2D eigenvalue weighted by Gasteiger charge is -2.18. The average molecular weight is 252 g/mol. The summed E-state index contributed by atoms with van der Waals surface area (Å²) in [5, 5.41) is 9.64. The second-order valence-electron chi connectivity index (χ2n) is 5.07. The van der Waals surface area contributed by atoms with Crippen molar-refractivity contribution in [3.05, 3.63) is 35.9 Å². The molecule has 1 aromatic rings. The molecule has 0 heterocycles. The van der Waals surface area contributed by atoms with Gasteiger partial charge in [-0.2, -0.15) is 0 Å². The van der Waals surface area contributed by atoms with E-state index in [-0.39, 0.29) is 9.86 Å². The summed E-state index contributed by atoms with van der Waals surface area (Å²) in [6.07, 6.45) is 0.365. The Labute approximate surface area is 107 Å². The number of aryl methyl sites for hydroxylation is 1. The summed E-state index contributed by atoms with van der Waals surface area (Å²) < 4.78 is -0.134. The van der Waals surface area contributed by atoms with Crippen LogP contribution < -0.4 is 0 Å². The lowest BCUT2D eigenvalue weighted by Crippen LogP contribution is -2.23. The number of carbonyl (C=O) groups excluding carboxylic acids is 1. The zero-order valence-electron chi connectivity index (χ0n) is 10.6. The van der Waals surface area contributed by atoms with Gasteiger partial charge >= 0.3 is 0 Å². The van der Waals surface area contributed by atoms with Crippen LogP contribution in [0.5, 0.6) is 0 Å². The van der Waals surface area contributed by atoms with E-state index in [0.717, 1.165) is 12.0 Å². The smallest absolute Gasteiger partial charge is 0.217 e. The molecule has 94 valence electrons. The van der Waals surface area contributed by atoms with Crippen molar-refractivity contribution >= 4 is 16.9 Å². The first-order chi connectivity index (χ1) is 7.88. The summed E-state index contributed by atoms with van der Waals surface area (Å²) in [5.74, 6) is 0. The average Bonchev–Trinajstić information content (AvgIpc) is 2.25. The Kier molecular flexibility index (Phi) is 5.22. The molecule has 0 radical (unpaired) electrons. The van der Waals surface area contributed by atoms with Crippen LogP contribution in [0, 0.1) is 0 Å². The van der Waals surface area contributed by atoms with E-state index in [4.69, 9.17) is 0 Å². The molecular weight excluding hydrogens is 232 g/mol. The third-order valence-electron chi connectivity index (χ3n) is 2.23. The Morgan fingerprint density at radius 3 is 2.41 bits per heavy atom. The molecule has 1 atom stereocenters. The number of hydrogen-bond acceptors (Lipinski definition) is 3. The van der Waals surface area contributed by atoms with E-state index >= 15 is 0 Å². The molecule has 17 heavy (non-hydrogen) atoms. The van der Waals surface area contributed by atoms with Crippen LogP contribution in [0.4, 0.5) is 0 Å². The van der Waals surface area contributed by atoms with E-state index in [1.165, 1.54) is 11.8 Å². The van der Waals surface area contributed by atoms with Crippen molar-refractivity contribution < 1.29 is 9.90 Å². The summed E-state index contributed by atoms with van der Waals surface area (Å²) in [7, 11) is 0. The first-order valence-corrected chi connectivity index (χ1v) is 6.65. The maximum atomic E-state index is 11.7. The van der Waals surface area contributed by atoms with E-state index < -0.39 is 6.10 Å². The first kappa shape index (κ1) is 14.3. The molecule has 0 amide bonds. The predicted octanol–water partition coefficient (Wildman–Crippen LogP) is 3.04. The number of aliphatic hydroxyl groups excluding tert-OH is 1. The van der Waals surface area contributed by atoms with E-state index in [9.17, 15) is 9.90 Å². The molecule has 3 heteroatoms. The Bertz CT molecular complexity index is 354. The first-order valence-electron chi connectivity index (χ1n) is 5.83. The van der Waals surface area contributed by atoms with Gasteiger partial charge in [0.05, 0.1) is 0 Å². The van der Waals surface area contributed by atoms with Crippen LogP contribution in [-0.4, -0.2) is 21.1 Å². The summed E-state index contributed by atoms with van der Waals surface area (Å²) in [5.41, 5.74) is 1.15. The van der Waals surface area contributed by atoms with E-state index in [2.05, 4.69) is 0 Å². The Morgan fingerprint density at radius 2 is 1.88 bits per heavy atom. The van der Waals surface area contributed by atoms with Crippen molar-refractivity contribution in [3.8, 4) is 0 Å². The Morgan fingerprint density at radius 1 is 1.29 bits per heavy atom. The lowest BCUT2D eigenvalue weighted by atomic mass is 10.1. The quantitative estimate of drug-likeness (QED) is 0.895. The number of benzene rings is 1. The van der Waals surface area contributed by atoms with Crippen molar-refractivity contribution in [1.29, 1.82) is 0 Å². The second kappa shape index (κ2) is 6.22. The minimum Gasteiger partial charge on any atom is -0.384 e. The van der Waals surface area contributed by atoms with Gasteiger partial charge < -0.3 is 5.11 Å². The monoisotopic (exact) mass is 252 g/mol. The molecule has 0 spiro atoms. The van der Waals surface area contributed by atoms with Crippen LogP contribution in [0.15, 0.2) is 30.3 Å². The Balaban J connectivity index is 2.40. The van der Waals surface area contributed by atoms with Crippen molar-refractivity contribution in [2.75, 3.05) is 0 Å². The van der Waals surface area contributed by atoms with Crippen LogP contribution >= 0.6 is 11.8 Å². The molecule has 1 aromatic carbocycles. The van der Waals surface area contributed by atoms with Gasteiger partial charge in [0.1, 0.15) is 6.10 Å². The molecule has 0 unspecified atom stereocenters. The number of carbonyl (C=O) groups is 1. The molecule has 0 aliphatic carbocycles. The summed E-state index contributed by atoms with van der Waals surface area (Å²) >= 11 is 1.21. The molecule has 0 fully saturated rings. The maximum absolute atomic E-state index is 11.7. The summed E-state index contributed by atoms with van der Waals surface area (Å²) in [6, 6.07) is 9.91. The molecule has 0 bridgehead atoms. The van der Waals surface area contributed by atoms with Gasteiger partial charge in [-0.25, -0.2) is 0 Å². The number of rotatable bonds is 4. The summed E-state index contributed by atoms with van der Waals surface area (Å²) in [4.78, 5) is 11.7. The highest BCUT2D eigenvalue weighted by Crippen LogP contribution is 2.26. The predicted molar refractivity (Wildman–Crippen MR) is 73.1 cm³/mol. The van der Waals surface area contributed by atoms with Crippen LogP contribution in [0.1, 0.15) is 32.8 Å². The molecule has 0 saturated carbocycles. The molecular formula is C14H20O2S. The van der Waals surface area contributed by atoms with E-state index in [1.54, 1.807) is 0 Å². The van der Waals surface area contributed by atoms with Gasteiger partial charge in [-0.3, -0.25) is 4.79 Å². The van der Waals surface area contributed by atoms with Gasteiger partial charge in [0.15, 0.2) is 0 Å². The van der Waals surface area contributed by atoms with Gasteiger partial charge in [0.25, 0.3) is 0 Å². The zero-order valence-corrected chi connectivity index (χ0v) is 11.5. The highest BCUT2D eigenvalue weighted by atomic mass is 32.2. The normalized spacial score (nSPS) is 13.4. The molecule has 1 rings (SSSR count). The van der Waals surface area contributed by atoms with Crippen molar-refractivity contribution in [3.63, 3.8) is 0 Å². The largest absolute Gasteiger partial charge is 0.384 e. The van der Waals surface area contributed by atoms with Gasteiger partial charge in [0, 0.05) is 4.75 Å². The zero-order chi connectivity index (χ0) is 12.9. The van der Waals surface area contributed by atoms with Crippen LogP contribution in [0.2, 0.25) is 0 Å². The highest BCUT2D eigenvalue weighted by Gasteiger charge is 2.22. The SMILES string of the molecule is CC(C)(C)SC(=O)[C@H](O)CCc1ccccc1. The molecule has 1 N–H and O–H groups in total. The molecule has 2 nitrogen and oxygen atoms in total. The highest BCUT2D eigenvalue weighted by molar-refractivity contribution is 8.14. The van der Waals surface area contributed by atoms with Crippen molar-refractivity contribution in [2.24, 2.45) is 0 Å². The van der Waals surface area contributed by atoms with Crippen molar-refractivity contribution in [1.82, 2.24) is 0 Å². The molecule has 0 aliphatic heterocycles. The van der Waals surface area contributed by atoms with E-state index in [1.807, 2.05) is 51.1 Å². The lowest BCUT2D eigenvalue weighted by molar-refractivity contribution is -0.118. The number of aliphatic hydroxyl groups is 1. The third kappa shape index (κ3) is 5.89. The fourth-order valence-corrected chi connectivity index (χ4v) is 2.29. The van der Waals surface area contributed by atoms with E-state index in [0.29, 0.717) is 6.42 Å². The topological polar surface area (TPSA) is 37.3 Å². The molecule has 0 aromatic heterocycles. The number of hydrogen-bond donors (Lipinski definition) is 1. The number of thioether (sulfide) groups is 1. The molecule has 0 saturated heterocycles. The van der Waals surface area contributed by atoms with Crippen LogP contribution in [-0.2, 0) is 11.2 Å². The summed E-state index contributed by atoms with van der Waals surface area (Å²) in [6.45, 7) is 5.92. The van der Waals surface area contributed by atoms with Crippen LogP contribution in [0.3, 0.4) is 0 Å². The fourth-order valence-electron chi connectivity index (χ4n) is 1.44. The van der Waals surface area contributed by atoms with Gasteiger partial charge in [-0.1, -0.05) is 62.9 Å². The minimum absolute atomic E-state index is 0.131. The third-order valence-corrected chi connectivity index (χ3v) is 3.31. The standard InChI is InChI=1S/C14H20O2S/c1-14(2,3)17-13(16)12(15)10-9-11-7-5-4-6-8-11/h4-8,12,15H,9-10H2,1-3H3/t12-/m1/s1. The van der Waals surface area contributed by atoms with Crippen LogP contribution in [0.25, 0.3) is 0 Å². The van der Waals surface area contributed by atoms with Gasteiger partial charge in [-0.05, 0) is 18.4 Å².